The lowest BCUT2D eigenvalue weighted by Gasteiger charge is -2.10. The highest BCUT2D eigenvalue weighted by atomic mass is 79.9. The maximum absolute atomic E-state index is 10.3. The number of hydrogen-bond donors (Lipinski definition) is 1. The van der Waals surface area contributed by atoms with Crippen molar-refractivity contribution in [1.82, 2.24) is 9.78 Å². The molecule has 0 amide bonds. The van der Waals surface area contributed by atoms with Gasteiger partial charge in [0.1, 0.15) is 6.10 Å². The Hall–Kier alpha value is -0.650. The Labute approximate surface area is 123 Å². The molecule has 0 saturated carbocycles. The molecule has 0 aliphatic carbocycles. The standard InChI is InChI=1S/C13H14Br2N2O/c1-2-3-17-8-10(7-16-17)13(18)9-4-11(14)6-12(15)5-9/h4-8,13,18H,2-3H2,1H3. The molecule has 0 radical (unpaired) electrons. The van der Waals surface area contributed by atoms with Gasteiger partial charge in [-0.1, -0.05) is 38.8 Å². The predicted octanol–water partition coefficient (Wildman–Crippen LogP) is 3.90. The van der Waals surface area contributed by atoms with Crippen molar-refractivity contribution < 1.29 is 5.11 Å². The van der Waals surface area contributed by atoms with Gasteiger partial charge in [-0.25, -0.2) is 0 Å². The van der Waals surface area contributed by atoms with E-state index in [0.29, 0.717) is 0 Å². The van der Waals surface area contributed by atoms with E-state index in [1.807, 2.05) is 29.1 Å². The number of aliphatic hydroxyl groups excluding tert-OH is 1. The molecule has 0 bridgehead atoms. The van der Waals surface area contributed by atoms with E-state index in [9.17, 15) is 5.11 Å². The highest BCUT2D eigenvalue weighted by Crippen LogP contribution is 2.27. The fraction of sp³-hybridized carbons (Fsp3) is 0.308. The normalized spacial score (nSPS) is 12.7. The molecule has 0 aliphatic heterocycles. The summed E-state index contributed by atoms with van der Waals surface area (Å²) in [6.07, 6.45) is 3.99. The molecule has 0 saturated heterocycles. The van der Waals surface area contributed by atoms with E-state index in [0.717, 1.165) is 33.0 Å². The topological polar surface area (TPSA) is 38.0 Å². The average molecular weight is 374 g/mol. The quantitative estimate of drug-likeness (QED) is 0.882. The summed E-state index contributed by atoms with van der Waals surface area (Å²) in [6.45, 7) is 2.97. The van der Waals surface area contributed by atoms with Gasteiger partial charge < -0.3 is 5.11 Å². The first-order chi connectivity index (χ1) is 8.60. The maximum Gasteiger partial charge on any atom is 0.107 e. The van der Waals surface area contributed by atoms with Gasteiger partial charge in [-0.3, -0.25) is 4.68 Å². The zero-order valence-electron chi connectivity index (χ0n) is 9.98. The van der Waals surface area contributed by atoms with Crippen LogP contribution in [0.5, 0.6) is 0 Å². The van der Waals surface area contributed by atoms with Gasteiger partial charge in [0.05, 0.1) is 6.20 Å². The third-order valence-electron chi connectivity index (χ3n) is 2.62. The predicted molar refractivity (Wildman–Crippen MR) is 78.4 cm³/mol. The second-order valence-corrected chi connectivity index (χ2v) is 5.97. The van der Waals surface area contributed by atoms with Gasteiger partial charge in [0, 0.05) is 27.3 Å². The van der Waals surface area contributed by atoms with Crippen LogP contribution in [0.4, 0.5) is 0 Å². The number of aryl methyl sites for hydroxylation is 1. The Morgan fingerprint density at radius 1 is 1.22 bits per heavy atom. The average Bonchev–Trinajstić information content (AvgIpc) is 2.76. The third-order valence-corrected chi connectivity index (χ3v) is 3.54. The fourth-order valence-corrected chi connectivity index (χ4v) is 3.13. The molecule has 3 nitrogen and oxygen atoms in total. The monoisotopic (exact) mass is 372 g/mol. The Kier molecular flexibility index (Phi) is 4.59. The second-order valence-electron chi connectivity index (χ2n) is 4.14. The first-order valence-corrected chi connectivity index (χ1v) is 7.35. The molecule has 18 heavy (non-hydrogen) atoms. The van der Waals surface area contributed by atoms with Gasteiger partial charge in [-0.2, -0.15) is 5.10 Å². The largest absolute Gasteiger partial charge is 0.384 e. The summed E-state index contributed by atoms with van der Waals surface area (Å²) in [5.74, 6) is 0. The minimum Gasteiger partial charge on any atom is -0.384 e. The molecule has 0 spiro atoms. The van der Waals surface area contributed by atoms with Crippen molar-refractivity contribution in [2.24, 2.45) is 0 Å². The summed E-state index contributed by atoms with van der Waals surface area (Å²) in [4.78, 5) is 0. The Bertz CT molecular complexity index is 519. The number of benzene rings is 1. The smallest absolute Gasteiger partial charge is 0.107 e. The van der Waals surface area contributed by atoms with Crippen LogP contribution in [0.15, 0.2) is 39.5 Å². The fourth-order valence-electron chi connectivity index (χ4n) is 1.80. The van der Waals surface area contributed by atoms with Crippen LogP contribution < -0.4 is 0 Å². The molecular formula is C13H14Br2N2O. The lowest BCUT2D eigenvalue weighted by molar-refractivity contribution is 0.220. The van der Waals surface area contributed by atoms with E-state index >= 15 is 0 Å². The molecule has 2 aromatic rings. The molecule has 0 aliphatic rings. The van der Waals surface area contributed by atoms with Crippen LogP contribution in [0.25, 0.3) is 0 Å². The lowest BCUT2D eigenvalue weighted by Crippen LogP contribution is -1.99. The minimum atomic E-state index is -0.649. The van der Waals surface area contributed by atoms with Crippen LogP contribution in [-0.4, -0.2) is 14.9 Å². The molecule has 1 aromatic carbocycles. The van der Waals surface area contributed by atoms with Crippen molar-refractivity contribution in [3.05, 3.63) is 50.7 Å². The first-order valence-electron chi connectivity index (χ1n) is 5.76. The van der Waals surface area contributed by atoms with Crippen molar-refractivity contribution in [3.63, 3.8) is 0 Å². The number of nitrogens with zero attached hydrogens (tertiary/aromatic N) is 2. The third kappa shape index (κ3) is 3.22. The molecule has 2 rings (SSSR count). The molecule has 1 N–H and O–H groups in total. The van der Waals surface area contributed by atoms with Gasteiger partial charge in [-0.05, 0) is 30.2 Å². The van der Waals surface area contributed by atoms with Crippen molar-refractivity contribution >= 4 is 31.9 Å². The Balaban J connectivity index is 2.26. The van der Waals surface area contributed by atoms with Crippen molar-refractivity contribution in [2.75, 3.05) is 0 Å². The second kappa shape index (κ2) is 5.99. The zero-order chi connectivity index (χ0) is 13.1. The molecule has 1 heterocycles. The minimum absolute atomic E-state index is 0.649. The van der Waals surface area contributed by atoms with Crippen LogP contribution in [0.2, 0.25) is 0 Å². The molecular weight excluding hydrogens is 360 g/mol. The van der Waals surface area contributed by atoms with Gasteiger partial charge in [0.15, 0.2) is 0 Å². The van der Waals surface area contributed by atoms with Gasteiger partial charge in [0.2, 0.25) is 0 Å². The molecule has 1 unspecified atom stereocenters. The van der Waals surface area contributed by atoms with Gasteiger partial charge in [-0.15, -0.1) is 0 Å². The summed E-state index contributed by atoms with van der Waals surface area (Å²) in [5.41, 5.74) is 1.65. The SMILES string of the molecule is CCCn1cc(C(O)c2cc(Br)cc(Br)c2)cn1. The van der Waals surface area contributed by atoms with Crippen LogP contribution in [0, 0.1) is 0 Å². The summed E-state index contributed by atoms with van der Waals surface area (Å²) in [5, 5.41) is 14.6. The molecule has 5 heteroatoms. The number of rotatable bonds is 4. The zero-order valence-corrected chi connectivity index (χ0v) is 13.1. The number of hydrogen-bond acceptors (Lipinski definition) is 2. The summed E-state index contributed by atoms with van der Waals surface area (Å²) >= 11 is 6.84. The summed E-state index contributed by atoms with van der Waals surface area (Å²) in [7, 11) is 0. The highest BCUT2D eigenvalue weighted by molar-refractivity contribution is 9.11. The van der Waals surface area contributed by atoms with E-state index in [1.54, 1.807) is 6.20 Å². The van der Waals surface area contributed by atoms with Crippen molar-refractivity contribution in [3.8, 4) is 0 Å². The van der Waals surface area contributed by atoms with E-state index < -0.39 is 6.10 Å². The number of aliphatic hydroxyl groups is 1. The Morgan fingerprint density at radius 2 is 1.89 bits per heavy atom. The van der Waals surface area contributed by atoms with Crippen LogP contribution in [-0.2, 0) is 6.54 Å². The number of halogens is 2. The number of aromatic nitrogens is 2. The van der Waals surface area contributed by atoms with E-state index in [-0.39, 0.29) is 0 Å². The van der Waals surface area contributed by atoms with Crippen molar-refractivity contribution in [2.45, 2.75) is 26.0 Å². The van der Waals surface area contributed by atoms with E-state index in [1.165, 1.54) is 0 Å². The first kappa shape index (κ1) is 13.8. The highest BCUT2D eigenvalue weighted by Gasteiger charge is 2.13. The summed E-state index contributed by atoms with van der Waals surface area (Å²) < 4.78 is 3.73. The Morgan fingerprint density at radius 3 is 2.50 bits per heavy atom. The summed E-state index contributed by atoms with van der Waals surface area (Å²) in [6, 6.07) is 5.76. The molecule has 1 aromatic heterocycles. The van der Waals surface area contributed by atoms with E-state index in [2.05, 4.69) is 43.9 Å². The molecule has 96 valence electrons. The molecule has 0 fully saturated rings. The van der Waals surface area contributed by atoms with Gasteiger partial charge >= 0.3 is 0 Å². The maximum atomic E-state index is 10.3. The van der Waals surface area contributed by atoms with Crippen molar-refractivity contribution in [1.29, 1.82) is 0 Å². The molecule has 1 atom stereocenters. The van der Waals surface area contributed by atoms with Crippen LogP contribution in [0.1, 0.15) is 30.6 Å². The van der Waals surface area contributed by atoms with Gasteiger partial charge in [0.25, 0.3) is 0 Å². The van der Waals surface area contributed by atoms with Crippen LogP contribution >= 0.6 is 31.9 Å². The lowest BCUT2D eigenvalue weighted by atomic mass is 10.1. The van der Waals surface area contributed by atoms with E-state index in [4.69, 9.17) is 0 Å². The van der Waals surface area contributed by atoms with Crippen LogP contribution in [0.3, 0.4) is 0 Å².